The van der Waals surface area contributed by atoms with Crippen molar-refractivity contribution in [3.63, 3.8) is 0 Å². The monoisotopic (exact) mass is 232 g/mol. The summed E-state index contributed by atoms with van der Waals surface area (Å²) < 4.78 is 0. The van der Waals surface area contributed by atoms with Gasteiger partial charge in [0.1, 0.15) is 0 Å². The SMILES string of the molecule is CN[C@H]1CCCN(CCCc2ccccc2)C1. The van der Waals surface area contributed by atoms with Crippen LogP contribution in [0.4, 0.5) is 0 Å². The van der Waals surface area contributed by atoms with Crippen LogP contribution in [0.2, 0.25) is 0 Å². The van der Waals surface area contributed by atoms with Gasteiger partial charge in [0, 0.05) is 12.6 Å². The molecule has 2 heteroatoms. The molecule has 0 spiro atoms. The molecule has 1 aromatic rings. The quantitative estimate of drug-likeness (QED) is 0.838. The lowest BCUT2D eigenvalue weighted by Crippen LogP contribution is -2.44. The van der Waals surface area contributed by atoms with E-state index in [-0.39, 0.29) is 0 Å². The molecule has 17 heavy (non-hydrogen) atoms. The molecular weight excluding hydrogens is 208 g/mol. The Hall–Kier alpha value is -0.860. The molecule has 0 bridgehead atoms. The van der Waals surface area contributed by atoms with Crippen LogP contribution in [0.15, 0.2) is 30.3 Å². The summed E-state index contributed by atoms with van der Waals surface area (Å²) in [6, 6.07) is 11.5. The van der Waals surface area contributed by atoms with Crippen molar-refractivity contribution in [2.45, 2.75) is 31.7 Å². The lowest BCUT2D eigenvalue weighted by molar-refractivity contribution is 0.193. The fourth-order valence-corrected chi connectivity index (χ4v) is 2.65. The molecule has 0 unspecified atom stereocenters. The van der Waals surface area contributed by atoms with Gasteiger partial charge in [-0.2, -0.15) is 0 Å². The molecule has 0 aromatic heterocycles. The van der Waals surface area contributed by atoms with Gasteiger partial charge in [0.15, 0.2) is 0 Å². The summed E-state index contributed by atoms with van der Waals surface area (Å²) in [5.74, 6) is 0. The third-order valence-corrected chi connectivity index (χ3v) is 3.70. The lowest BCUT2D eigenvalue weighted by Gasteiger charge is -2.32. The van der Waals surface area contributed by atoms with Crippen molar-refractivity contribution in [1.82, 2.24) is 10.2 Å². The highest BCUT2D eigenvalue weighted by atomic mass is 15.2. The lowest BCUT2D eigenvalue weighted by atomic mass is 10.0. The van der Waals surface area contributed by atoms with Gasteiger partial charge < -0.3 is 10.2 Å². The molecule has 1 heterocycles. The van der Waals surface area contributed by atoms with Crippen LogP contribution in [0.1, 0.15) is 24.8 Å². The molecule has 1 N–H and O–H groups in total. The summed E-state index contributed by atoms with van der Waals surface area (Å²) in [7, 11) is 2.08. The Balaban J connectivity index is 1.68. The van der Waals surface area contributed by atoms with Crippen LogP contribution in [0, 0.1) is 0 Å². The first-order valence-corrected chi connectivity index (χ1v) is 6.82. The number of nitrogens with one attached hydrogen (secondary N) is 1. The molecule has 0 amide bonds. The predicted octanol–water partition coefficient (Wildman–Crippen LogP) is 2.30. The van der Waals surface area contributed by atoms with Gasteiger partial charge >= 0.3 is 0 Å². The van der Waals surface area contributed by atoms with Crippen molar-refractivity contribution in [2.24, 2.45) is 0 Å². The minimum absolute atomic E-state index is 0.709. The van der Waals surface area contributed by atoms with Crippen LogP contribution in [0.3, 0.4) is 0 Å². The largest absolute Gasteiger partial charge is 0.316 e. The molecule has 2 nitrogen and oxygen atoms in total. The topological polar surface area (TPSA) is 15.3 Å². The Morgan fingerprint density at radius 1 is 1.29 bits per heavy atom. The Morgan fingerprint density at radius 2 is 2.12 bits per heavy atom. The number of nitrogens with zero attached hydrogens (tertiary/aromatic N) is 1. The van der Waals surface area contributed by atoms with Crippen molar-refractivity contribution in [3.05, 3.63) is 35.9 Å². The van der Waals surface area contributed by atoms with Gasteiger partial charge in [-0.3, -0.25) is 0 Å². The number of hydrogen-bond donors (Lipinski definition) is 1. The maximum atomic E-state index is 3.40. The summed E-state index contributed by atoms with van der Waals surface area (Å²) in [4.78, 5) is 2.60. The highest BCUT2D eigenvalue weighted by Crippen LogP contribution is 2.11. The molecule has 1 aromatic carbocycles. The normalized spacial score (nSPS) is 21.6. The maximum absolute atomic E-state index is 3.40. The van der Waals surface area contributed by atoms with Gasteiger partial charge in [-0.05, 0) is 51.4 Å². The van der Waals surface area contributed by atoms with Gasteiger partial charge in [0.2, 0.25) is 0 Å². The van der Waals surface area contributed by atoms with Gasteiger partial charge in [0.25, 0.3) is 0 Å². The van der Waals surface area contributed by atoms with Crippen LogP contribution >= 0.6 is 0 Å². The zero-order chi connectivity index (χ0) is 11.9. The molecule has 2 rings (SSSR count). The van der Waals surface area contributed by atoms with Crippen molar-refractivity contribution in [2.75, 3.05) is 26.7 Å². The predicted molar refractivity (Wildman–Crippen MR) is 73.3 cm³/mol. The first-order chi connectivity index (χ1) is 8.38. The molecule has 1 aliphatic rings. The van der Waals surface area contributed by atoms with Crippen molar-refractivity contribution >= 4 is 0 Å². The van der Waals surface area contributed by atoms with Crippen LogP contribution < -0.4 is 5.32 Å². The van der Waals surface area contributed by atoms with E-state index in [0.717, 1.165) is 0 Å². The zero-order valence-electron chi connectivity index (χ0n) is 10.9. The zero-order valence-corrected chi connectivity index (χ0v) is 10.9. The fraction of sp³-hybridized carbons (Fsp3) is 0.600. The molecule has 1 aliphatic heterocycles. The van der Waals surface area contributed by atoms with Gasteiger partial charge in [-0.15, -0.1) is 0 Å². The summed E-state index contributed by atoms with van der Waals surface area (Å²) in [6.07, 6.45) is 5.17. The fourth-order valence-electron chi connectivity index (χ4n) is 2.65. The average Bonchev–Trinajstić information content (AvgIpc) is 2.40. The Kier molecular flexibility index (Phi) is 5.02. The molecule has 0 radical (unpaired) electrons. The van der Waals surface area contributed by atoms with E-state index in [1.54, 1.807) is 0 Å². The second kappa shape index (κ2) is 6.77. The molecule has 94 valence electrons. The van der Waals surface area contributed by atoms with E-state index in [0.29, 0.717) is 6.04 Å². The van der Waals surface area contributed by atoms with Gasteiger partial charge in [-0.25, -0.2) is 0 Å². The number of benzene rings is 1. The molecule has 1 saturated heterocycles. The molecule has 1 atom stereocenters. The standard InChI is InChI=1S/C15H24N2/c1-16-15-10-6-12-17(13-15)11-5-9-14-7-3-2-4-8-14/h2-4,7-8,15-16H,5-6,9-13H2,1H3/t15-/m0/s1. The molecule has 1 fully saturated rings. The van der Waals surface area contributed by atoms with Gasteiger partial charge in [-0.1, -0.05) is 30.3 Å². The van der Waals surface area contributed by atoms with Crippen LogP contribution in [0.5, 0.6) is 0 Å². The average molecular weight is 232 g/mol. The van der Waals surface area contributed by atoms with Crippen LogP contribution in [-0.4, -0.2) is 37.6 Å². The van der Waals surface area contributed by atoms with Crippen molar-refractivity contribution < 1.29 is 0 Å². The molecule has 0 saturated carbocycles. The summed E-state index contributed by atoms with van der Waals surface area (Å²) in [5, 5.41) is 3.40. The van der Waals surface area contributed by atoms with E-state index >= 15 is 0 Å². The number of rotatable bonds is 5. The number of piperidine rings is 1. The van der Waals surface area contributed by atoms with Crippen LogP contribution in [0.25, 0.3) is 0 Å². The Bertz CT molecular complexity index is 310. The highest BCUT2D eigenvalue weighted by Gasteiger charge is 2.17. The highest BCUT2D eigenvalue weighted by molar-refractivity contribution is 5.14. The molecular formula is C15H24N2. The second-order valence-corrected chi connectivity index (χ2v) is 5.02. The third kappa shape index (κ3) is 4.14. The minimum Gasteiger partial charge on any atom is -0.316 e. The smallest absolute Gasteiger partial charge is 0.0192 e. The second-order valence-electron chi connectivity index (χ2n) is 5.02. The van der Waals surface area contributed by atoms with Crippen LogP contribution in [-0.2, 0) is 6.42 Å². The van der Waals surface area contributed by atoms with E-state index in [1.807, 2.05) is 0 Å². The number of likely N-dealkylation sites (N-methyl/N-ethyl adjacent to an activating group) is 1. The Labute approximate surface area is 105 Å². The van der Waals surface area contributed by atoms with Crippen molar-refractivity contribution in [1.29, 1.82) is 0 Å². The maximum Gasteiger partial charge on any atom is 0.0192 e. The third-order valence-electron chi connectivity index (χ3n) is 3.70. The van der Waals surface area contributed by atoms with E-state index in [4.69, 9.17) is 0 Å². The molecule has 0 aliphatic carbocycles. The van der Waals surface area contributed by atoms with Crippen molar-refractivity contribution in [3.8, 4) is 0 Å². The minimum atomic E-state index is 0.709. The summed E-state index contributed by atoms with van der Waals surface area (Å²) in [5.41, 5.74) is 1.47. The van der Waals surface area contributed by atoms with E-state index in [1.165, 1.54) is 50.9 Å². The van der Waals surface area contributed by atoms with Gasteiger partial charge in [0.05, 0.1) is 0 Å². The van der Waals surface area contributed by atoms with E-state index in [2.05, 4.69) is 47.6 Å². The summed E-state index contributed by atoms with van der Waals surface area (Å²) >= 11 is 0. The first-order valence-electron chi connectivity index (χ1n) is 6.82. The summed E-state index contributed by atoms with van der Waals surface area (Å²) in [6.45, 7) is 3.76. The number of likely N-dealkylation sites (tertiary alicyclic amines) is 1. The Morgan fingerprint density at radius 3 is 2.88 bits per heavy atom. The number of aryl methyl sites for hydroxylation is 1. The first kappa shape index (κ1) is 12.6. The van der Waals surface area contributed by atoms with E-state index < -0.39 is 0 Å². The van der Waals surface area contributed by atoms with E-state index in [9.17, 15) is 0 Å². The number of hydrogen-bond acceptors (Lipinski definition) is 2.